The van der Waals surface area contributed by atoms with Crippen molar-refractivity contribution in [1.29, 1.82) is 0 Å². The van der Waals surface area contributed by atoms with Crippen LogP contribution in [0.2, 0.25) is 0 Å². The lowest BCUT2D eigenvalue weighted by atomic mass is 10.0. The summed E-state index contributed by atoms with van der Waals surface area (Å²) < 4.78 is 5.19. The normalized spacial score (nSPS) is 12.4. The Kier molecular flexibility index (Phi) is 8.01. The first-order valence-corrected chi connectivity index (χ1v) is 10.2. The Hall–Kier alpha value is -4.34. The maximum atomic E-state index is 12.9. The number of carboxylic acids is 1. The van der Waals surface area contributed by atoms with E-state index < -0.39 is 30.1 Å². The van der Waals surface area contributed by atoms with Gasteiger partial charge in [-0.15, -0.1) is 0 Å². The number of ether oxygens (including phenoxy) is 1. The topological polar surface area (TPSA) is 154 Å². The maximum absolute atomic E-state index is 12.9. The number of imidazole rings is 1. The molecule has 2 aromatic carbocycles. The van der Waals surface area contributed by atoms with Crippen molar-refractivity contribution in [3.05, 3.63) is 83.9 Å². The summed E-state index contributed by atoms with van der Waals surface area (Å²) in [5.74, 6) is -1.87. The highest BCUT2D eigenvalue weighted by atomic mass is 16.5. The van der Waals surface area contributed by atoms with Gasteiger partial charge in [0.25, 0.3) is 0 Å². The third-order valence-electron chi connectivity index (χ3n) is 4.79. The van der Waals surface area contributed by atoms with Gasteiger partial charge in [-0.05, 0) is 23.3 Å². The van der Waals surface area contributed by atoms with Crippen LogP contribution in [0.1, 0.15) is 16.8 Å². The molecule has 3 rings (SSSR count). The molecule has 2 atom stereocenters. The second kappa shape index (κ2) is 11.3. The number of hydrogen-bond donors (Lipinski definition) is 5. The lowest BCUT2D eigenvalue weighted by Crippen LogP contribution is -2.53. The van der Waals surface area contributed by atoms with Crippen molar-refractivity contribution < 1.29 is 29.3 Å². The van der Waals surface area contributed by atoms with E-state index in [0.29, 0.717) is 11.3 Å². The zero-order valence-corrected chi connectivity index (χ0v) is 17.6. The fourth-order valence-corrected chi connectivity index (χ4v) is 3.07. The fourth-order valence-electron chi connectivity index (χ4n) is 3.07. The number of amides is 2. The van der Waals surface area contributed by atoms with E-state index in [9.17, 15) is 24.6 Å². The third-order valence-corrected chi connectivity index (χ3v) is 4.79. The Labute approximate surface area is 189 Å². The van der Waals surface area contributed by atoms with E-state index in [0.717, 1.165) is 5.56 Å². The highest BCUT2D eigenvalue weighted by Crippen LogP contribution is 2.12. The highest BCUT2D eigenvalue weighted by Gasteiger charge is 2.28. The van der Waals surface area contributed by atoms with E-state index in [1.807, 2.05) is 18.2 Å². The first kappa shape index (κ1) is 23.3. The van der Waals surface area contributed by atoms with E-state index in [2.05, 4.69) is 20.6 Å². The fraction of sp³-hybridized carbons (Fsp3) is 0.217. The van der Waals surface area contributed by atoms with Crippen molar-refractivity contribution in [2.24, 2.45) is 0 Å². The van der Waals surface area contributed by atoms with Crippen LogP contribution in [0.4, 0.5) is 4.79 Å². The number of aromatic amines is 1. The number of nitrogens with one attached hydrogen (secondary N) is 3. The summed E-state index contributed by atoms with van der Waals surface area (Å²) in [5, 5.41) is 23.9. The van der Waals surface area contributed by atoms with Gasteiger partial charge in [0, 0.05) is 24.7 Å². The molecular formula is C23H24N4O6. The number of hydrogen-bond acceptors (Lipinski definition) is 6. The Bertz CT molecular complexity index is 1050. The molecule has 0 unspecified atom stereocenters. The molecular weight excluding hydrogens is 428 g/mol. The zero-order chi connectivity index (χ0) is 23.6. The molecule has 3 aromatic rings. The molecule has 33 heavy (non-hydrogen) atoms. The number of phenols is 1. The van der Waals surface area contributed by atoms with E-state index in [-0.39, 0.29) is 25.2 Å². The van der Waals surface area contributed by atoms with Crippen molar-refractivity contribution in [3.63, 3.8) is 0 Å². The molecule has 0 fully saturated rings. The van der Waals surface area contributed by atoms with Crippen LogP contribution >= 0.6 is 0 Å². The number of carbonyl (C=O) groups is 3. The first-order chi connectivity index (χ1) is 15.9. The number of aliphatic carboxylic acids is 1. The van der Waals surface area contributed by atoms with Gasteiger partial charge in [0.05, 0.1) is 6.33 Å². The highest BCUT2D eigenvalue weighted by molar-refractivity contribution is 5.89. The summed E-state index contributed by atoms with van der Waals surface area (Å²) in [6.07, 6.45) is 2.17. The van der Waals surface area contributed by atoms with Crippen LogP contribution in [0, 0.1) is 0 Å². The molecule has 0 saturated heterocycles. The molecule has 10 heteroatoms. The quantitative estimate of drug-likeness (QED) is 0.314. The van der Waals surface area contributed by atoms with Gasteiger partial charge in [-0.1, -0.05) is 42.5 Å². The van der Waals surface area contributed by atoms with Crippen molar-refractivity contribution in [2.75, 3.05) is 0 Å². The number of nitrogens with zero attached hydrogens (tertiary/aromatic N) is 1. The number of phenolic OH excluding ortho intramolecular Hbond substituents is 1. The predicted octanol–water partition coefficient (Wildman–Crippen LogP) is 1.76. The Morgan fingerprint density at radius 2 is 1.67 bits per heavy atom. The van der Waals surface area contributed by atoms with Crippen molar-refractivity contribution in [3.8, 4) is 5.75 Å². The molecule has 0 spiro atoms. The number of aromatic hydroxyl groups is 1. The summed E-state index contributed by atoms with van der Waals surface area (Å²) in [6.45, 7) is 0.0175. The SMILES string of the molecule is O=C(N[C@H](Cc1cnc[nH]1)C(=O)N[C@H](Cc1ccc(O)cc1)C(=O)O)OCc1ccccc1. The van der Waals surface area contributed by atoms with Gasteiger partial charge in [-0.2, -0.15) is 0 Å². The molecule has 0 saturated carbocycles. The lowest BCUT2D eigenvalue weighted by Gasteiger charge is -2.21. The summed E-state index contributed by atoms with van der Waals surface area (Å²) in [5.41, 5.74) is 1.96. The largest absolute Gasteiger partial charge is 0.508 e. The van der Waals surface area contributed by atoms with Crippen molar-refractivity contribution in [2.45, 2.75) is 31.5 Å². The van der Waals surface area contributed by atoms with Gasteiger partial charge < -0.3 is 30.6 Å². The minimum atomic E-state index is -1.24. The summed E-state index contributed by atoms with van der Waals surface area (Å²) in [6, 6.07) is 12.7. The number of carboxylic acid groups (broad SMARTS) is 1. The average Bonchev–Trinajstić information content (AvgIpc) is 3.32. The maximum Gasteiger partial charge on any atom is 0.408 e. The Morgan fingerprint density at radius 1 is 0.939 bits per heavy atom. The predicted molar refractivity (Wildman–Crippen MR) is 117 cm³/mol. The summed E-state index contributed by atoms with van der Waals surface area (Å²) in [4.78, 5) is 43.7. The minimum Gasteiger partial charge on any atom is -0.508 e. The van der Waals surface area contributed by atoms with E-state index in [4.69, 9.17) is 4.74 Å². The molecule has 0 aliphatic heterocycles. The number of benzene rings is 2. The molecule has 0 bridgehead atoms. The molecule has 1 aromatic heterocycles. The Morgan fingerprint density at radius 3 is 2.30 bits per heavy atom. The number of alkyl carbamates (subject to hydrolysis) is 1. The van der Waals surface area contributed by atoms with E-state index >= 15 is 0 Å². The molecule has 172 valence electrons. The molecule has 0 radical (unpaired) electrons. The van der Waals surface area contributed by atoms with E-state index in [1.165, 1.54) is 24.7 Å². The minimum absolute atomic E-state index is 0.00339. The van der Waals surface area contributed by atoms with Gasteiger partial charge in [-0.3, -0.25) is 4.79 Å². The van der Waals surface area contributed by atoms with Crippen LogP contribution in [-0.2, 0) is 33.8 Å². The molecule has 0 aliphatic carbocycles. The molecule has 0 aliphatic rings. The first-order valence-electron chi connectivity index (χ1n) is 10.2. The molecule has 5 N–H and O–H groups in total. The lowest BCUT2D eigenvalue weighted by molar-refractivity contribution is -0.142. The van der Waals surface area contributed by atoms with Crippen LogP contribution in [0.5, 0.6) is 5.75 Å². The van der Waals surface area contributed by atoms with Gasteiger partial charge in [0.2, 0.25) is 5.91 Å². The van der Waals surface area contributed by atoms with Crippen LogP contribution in [0.25, 0.3) is 0 Å². The van der Waals surface area contributed by atoms with Gasteiger partial charge in [0.15, 0.2) is 0 Å². The molecule has 1 heterocycles. The number of aromatic nitrogens is 2. The number of rotatable bonds is 10. The standard InChI is InChI=1S/C23H24N4O6/c28-18-8-6-15(7-9-18)10-20(22(30)31)26-21(29)19(11-17-12-24-14-25-17)27-23(32)33-13-16-4-2-1-3-5-16/h1-9,12,14,19-20,28H,10-11,13H2,(H,24,25)(H,26,29)(H,27,32)(H,30,31)/t19-,20-/m1/s1. The monoisotopic (exact) mass is 452 g/mol. The van der Waals surface area contributed by atoms with Crippen molar-refractivity contribution >= 4 is 18.0 Å². The van der Waals surface area contributed by atoms with Gasteiger partial charge in [-0.25, -0.2) is 14.6 Å². The Balaban J connectivity index is 1.66. The zero-order valence-electron chi connectivity index (χ0n) is 17.6. The average molecular weight is 452 g/mol. The van der Waals surface area contributed by atoms with Crippen LogP contribution in [-0.4, -0.2) is 50.2 Å². The summed E-state index contributed by atoms with van der Waals surface area (Å²) >= 11 is 0. The van der Waals surface area contributed by atoms with Gasteiger partial charge >= 0.3 is 12.1 Å². The summed E-state index contributed by atoms with van der Waals surface area (Å²) in [7, 11) is 0. The van der Waals surface area contributed by atoms with Crippen molar-refractivity contribution in [1.82, 2.24) is 20.6 Å². The second-order valence-corrected chi connectivity index (χ2v) is 7.31. The molecule has 10 nitrogen and oxygen atoms in total. The third kappa shape index (κ3) is 7.39. The number of carbonyl (C=O) groups excluding carboxylic acids is 2. The van der Waals surface area contributed by atoms with E-state index in [1.54, 1.807) is 24.3 Å². The van der Waals surface area contributed by atoms with Gasteiger partial charge in [0.1, 0.15) is 24.4 Å². The molecule has 2 amide bonds. The smallest absolute Gasteiger partial charge is 0.408 e. The van der Waals surface area contributed by atoms with Crippen LogP contribution < -0.4 is 10.6 Å². The van der Waals surface area contributed by atoms with Crippen LogP contribution in [0.3, 0.4) is 0 Å². The number of H-pyrrole nitrogens is 1. The van der Waals surface area contributed by atoms with Crippen LogP contribution in [0.15, 0.2) is 67.1 Å². The second-order valence-electron chi connectivity index (χ2n) is 7.31.